The van der Waals surface area contributed by atoms with E-state index in [4.69, 9.17) is 17.3 Å². The summed E-state index contributed by atoms with van der Waals surface area (Å²) in [4.78, 5) is 8.26. The number of fused-ring (bicyclic) bond motifs is 1. The molecule has 3 rings (SSSR count). The number of hydrogen-bond donors (Lipinski definition) is 1. The van der Waals surface area contributed by atoms with Gasteiger partial charge in [0.05, 0.1) is 5.02 Å². The maximum absolute atomic E-state index is 13.3. The first-order valence-corrected chi connectivity index (χ1v) is 5.57. The molecule has 6 heteroatoms. The van der Waals surface area contributed by atoms with Crippen molar-refractivity contribution in [3.63, 3.8) is 0 Å². The Morgan fingerprint density at radius 3 is 2.72 bits per heavy atom. The average molecular weight is 263 g/mol. The van der Waals surface area contributed by atoms with Crippen LogP contribution in [0.1, 0.15) is 0 Å². The molecule has 0 unspecified atom stereocenters. The van der Waals surface area contributed by atoms with Crippen molar-refractivity contribution in [1.29, 1.82) is 0 Å². The van der Waals surface area contributed by atoms with E-state index in [1.165, 1.54) is 16.7 Å². The Morgan fingerprint density at radius 2 is 2.00 bits per heavy atom. The Bertz CT molecular complexity index is 724. The zero-order valence-corrected chi connectivity index (χ0v) is 9.89. The van der Waals surface area contributed by atoms with Crippen molar-refractivity contribution < 1.29 is 4.39 Å². The zero-order chi connectivity index (χ0) is 12.7. The molecule has 90 valence electrons. The summed E-state index contributed by atoms with van der Waals surface area (Å²) in [5, 5.41) is 0.224. The fraction of sp³-hybridized carbons (Fsp3) is 0. The summed E-state index contributed by atoms with van der Waals surface area (Å²) in [5.41, 5.74) is 7.76. The minimum Gasteiger partial charge on any atom is -0.383 e. The van der Waals surface area contributed by atoms with Crippen LogP contribution in [0.3, 0.4) is 0 Å². The fourth-order valence-electron chi connectivity index (χ4n) is 1.81. The van der Waals surface area contributed by atoms with E-state index in [1.807, 2.05) is 0 Å². The van der Waals surface area contributed by atoms with E-state index >= 15 is 0 Å². The third-order valence-corrected chi connectivity index (χ3v) is 2.91. The van der Waals surface area contributed by atoms with Crippen LogP contribution in [0.15, 0.2) is 36.8 Å². The predicted octanol–water partition coefficient (Wildman–Crippen LogP) is 2.77. The largest absolute Gasteiger partial charge is 0.383 e. The van der Waals surface area contributed by atoms with Gasteiger partial charge in [-0.15, -0.1) is 0 Å². The Balaban J connectivity index is 2.33. The quantitative estimate of drug-likeness (QED) is 0.734. The Labute approximate surface area is 107 Å². The van der Waals surface area contributed by atoms with Crippen LogP contribution < -0.4 is 5.73 Å². The molecule has 0 aliphatic heterocycles. The summed E-state index contributed by atoms with van der Waals surface area (Å²) in [6.45, 7) is 0. The second-order valence-electron chi connectivity index (χ2n) is 3.78. The number of nitrogens with two attached hydrogens (primary N) is 1. The third-order valence-electron chi connectivity index (χ3n) is 2.63. The van der Waals surface area contributed by atoms with Gasteiger partial charge in [0, 0.05) is 24.2 Å². The van der Waals surface area contributed by atoms with Crippen LogP contribution in [0.25, 0.3) is 16.9 Å². The van der Waals surface area contributed by atoms with Gasteiger partial charge in [-0.2, -0.15) is 0 Å². The lowest BCUT2D eigenvalue weighted by Crippen LogP contribution is -1.95. The maximum atomic E-state index is 13.3. The number of nitrogens with zero attached hydrogens (tertiary/aromatic N) is 3. The van der Waals surface area contributed by atoms with Crippen molar-refractivity contribution in [2.75, 3.05) is 5.73 Å². The van der Waals surface area contributed by atoms with Gasteiger partial charge < -0.3 is 5.73 Å². The molecule has 18 heavy (non-hydrogen) atoms. The zero-order valence-electron chi connectivity index (χ0n) is 9.14. The van der Waals surface area contributed by atoms with Crippen molar-refractivity contribution >= 4 is 23.1 Å². The Morgan fingerprint density at radius 1 is 1.28 bits per heavy atom. The Hall–Kier alpha value is -2.14. The molecule has 0 aliphatic carbocycles. The van der Waals surface area contributed by atoms with Crippen LogP contribution in [-0.2, 0) is 0 Å². The van der Waals surface area contributed by atoms with Gasteiger partial charge >= 0.3 is 0 Å². The van der Waals surface area contributed by atoms with Gasteiger partial charge in [-0.3, -0.25) is 9.38 Å². The molecule has 3 heterocycles. The lowest BCUT2D eigenvalue weighted by atomic mass is 10.2. The molecule has 3 aromatic rings. The molecule has 0 atom stereocenters. The monoisotopic (exact) mass is 262 g/mol. The summed E-state index contributed by atoms with van der Waals surface area (Å²) in [7, 11) is 0. The number of aromatic nitrogens is 3. The van der Waals surface area contributed by atoms with Gasteiger partial charge in [0.25, 0.3) is 0 Å². The van der Waals surface area contributed by atoms with E-state index in [0.717, 1.165) is 5.56 Å². The van der Waals surface area contributed by atoms with E-state index < -0.39 is 5.82 Å². The smallest absolute Gasteiger partial charge is 0.158 e. The maximum Gasteiger partial charge on any atom is 0.158 e. The lowest BCUT2D eigenvalue weighted by molar-refractivity contribution is 0.620. The van der Waals surface area contributed by atoms with Gasteiger partial charge in [-0.25, -0.2) is 9.37 Å². The van der Waals surface area contributed by atoms with E-state index in [-0.39, 0.29) is 5.02 Å². The van der Waals surface area contributed by atoms with Gasteiger partial charge in [-0.1, -0.05) is 11.6 Å². The Kier molecular flexibility index (Phi) is 2.41. The number of pyridine rings is 2. The summed E-state index contributed by atoms with van der Waals surface area (Å²) < 4.78 is 14.7. The first-order chi connectivity index (χ1) is 8.66. The van der Waals surface area contributed by atoms with Crippen molar-refractivity contribution in [1.82, 2.24) is 14.4 Å². The molecular formula is C12H8ClFN4. The standard InChI is InChI=1S/C12H8ClFN4/c13-9-5-8(14)6-18-11(15)10(17-12(9)18)7-1-3-16-4-2-7/h1-6H,15H2. The molecule has 4 nitrogen and oxygen atoms in total. The molecule has 0 radical (unpaired) electrons. The van der Waals surface area contributed by atoms with Gasteiger partial charge in [0.2, 0.25) is 0 Å². The van der Waals surface area contributed by atoms with Gasteiger partial charge in [0.1, 0.15) is 17.3 Å². The lowest BCUT2D eigenvalue weighted by Gasteiger charge is -1.99. The van der Waals surface area contributed by atoms with Crippen LogP contribution in [0, 0.1) is 5.82 Å². The highest BCUT2D eigenvalue weighted by Gasteiger charge is 2.14. The van der Waals surface area contributed by atoms with Gasteiger partial charge in [0.15, 0.2) is 5.65 Å². The SMILES string of the molecule is Nc1c(-c2ccncc2)nc2c(Cl)cc(F)cn12. The van der Waals surface area contributed by atoms with Crippen LogP contribution in [0.4, 0.5) is 10.2 Å². The van der Waals surface area contributed by atoms with Crippen molar-refractivity contribution in [2.24, 2.45) is 0 Å². The van der Waals surface area contributed by atoms with E-state index in [9.17, 15) is 4.39 Å². The van der Waals surface area contributed by atoms with Crippen molar-refractivity contribution in [3.8, 4) is 11.3 Å². The number of anilines is 1. The third kappa shape index (κ3) is 1.60. The number of halogens is 2. The highest BCUT2D eigenvalue weighted by molar-refractivity contribution is 6.33. The number of imidazole rings is 1. The first-order valence-electron chi connectivity index (χ1n) is 5.20. The van der Waals surface area contributed by atoms with Gasteiger partial charge in [-0.05, 0) is 18.2 Å². The molecule has 0 aromatic carbocycles. The number of rotatable bonds is 1. The van der Waals surface area contributed by atoms with E-state index in [1.54, 1.807) is 24.5 Å². The predicted molar refractivity (Wildman–Crippen MR) is 67.8 cm³/mol. The van der Waals surface area contributed by atoms with Crippen LogP contribution in [-0.4, -0.2) is 14.4 Å². The number of hydrogen-bond acceptors (Lipinski definition) is 3. The minimum atomic E-state index is -0.460. The highest BCUT2D eigenvalue weighted by Crippen LogP contribution is 2.29. The topological polar surface area (TPSA) is 56.2 Å². The highest BCUT2D eigenvalue weighted by atomic mass is 35.5. The molecular weight excluding hydrogens is 255 g/mol. The molecule has 0 amide bonds. The summed E-state index contributed by atoms with van der Waals surface area (Å²) in [6.07, 6.45) is 4.54. The van der Waals surface area contributed by atoms with Crippen molar-refractivity contribution in [3.05, 3.63) is 47.6 Å². The molecule has 0 saturated carbocycles. The molecule has 0 fully saturated rings. The average Bonchev–Trinajstić information content (AvgIpc) is 2.69. The van der Waals surface area contributed by atoms with E-state index in [0.29, 0.717) is 17.2 Å². The first kappa shape index (κ1) is 11.0. The molecule has 0 bridgehead atoms. The molecule has 3 aromatic heterocycles. The van der Waals surface area contributed by atoms with E-state index in [2.05, 4.69) is 9.97 Å². The summed E-state index contributed by atoms with van der Waals surface area (Å²) in [6, 6.07) is 4.77. The minimum absolute atomic E-state index is 0.224. The summed E-state index contributed by atoms with van der Waals surface area (Å²) >= 11 is 5.94. The molecule has 0 aliphatic rings. The second kappa shape index (κ2) is 3.96. The van der Waals surface area contributed by atoms with Crippen LogP contribution in [0.5, 0.6) is 0 Å². The van der Waals surface area contributed by atoms with Crippen LogP contribution >= 0.6 is 11.6 Å². The van der Waals surface area contributed by atoms with Crippen LogP contribution in [0.2, 0.25) is 5.02 Å². The number of nitrogen functional groups attached to an aromatic ring is 1. The normalized spacial score (nSPS) is 11.0. The molecule has 0 spiro atoms. The molecule has 2 N–H and O–H groups in total. The second-order valence-corrected chi connectivity index (χ2v) is 4.19. The molecule has 0 saturated heterocycles. The summed E-state index contributed by atoms with van der Waals surface area (Å²) in [5.74, 6) is -0.115. The van der Waals surface area contributed by atoms with Crippen molar-refractivity contribution in [2.45, 2.75) is 0 Å². The fourth-order valence-corrected chi connectivity index (χ4v) is 2.05.